The van der Waals surface area contributed by atoms with Crippen LogP contribution in [0.2, 0.25) is 0 Å². The Kier molecular flexibility index (Phi) is 12.6. The van der Waals surface area contributed by atoms with Gasteiger partial charge in [-0.3, -0.25) is 4.55 Å². The molecule has 0 saturated heterocycles. The summed E-state index contributed by atoms with van der Waals surface area (Å²) < 4.78 is 34.3. The van der Waals surface area contributed by atoms with E-state index in [4.69, 9.17) is 19.5 Å². The van der Waals surface area contributed by atoms with E-state index in [1.807, 2.05) is 0 Å². The zero-order chi connectivity index (χ0) is 12.6. The first kappa shape index (κ1) is 20.1. The van der Waals surface area contributed by atoms with Gasteiger partial charge in [0.05, 0.1) is 12.4 Å². The zero-order valence-corrected chi connectivity index (χ0v) is 13.2. The Morgan fingerprint density at radius 3 is 2.29 bits per heavy atom. The maximum absolute atomic E-state index is 10.4. The molecule has 0 fully saturated rings. The number of hydrogen-bond acceptors (Lipinski definition) is 5. The topological polar surface area (TPSA) is 104 Å². The van der Waals surface area contributed by atoms with Crippen LogP contribution in [0.25, 0.3) is 0 Å². The van der Waals surface area contributed by atoms with E-state index < -0.39 is 10.1 Å². The molecule has 0 saturated carbocycles. The standard InChI is InChI=1S/C9H20O6S.Na.H/c1-8(5-10)9(6-11)7-15-3-2-4-16(12,13)14;;/h8-11H,2-7H2,1H3,(H,12,13,14);;/q;+1;-1. The van der Waals surface area contributed by atoms with E-state index in [0.29, 0.717) is 0 Å². The second kappa shape index (κ2) is 10.7. The van der Waals surface area contributed by atoms with E-state index in [2.05, 4.69) is 0 Å². The first-order chi connectivity index (χ1) is 7.40. The molecule has 0 aliphatic heterocycles. The van der Waals surface area contributed by atoms with Crippen molar-refractivity contribution in [1.29, 1.82) is 0 Å². The van der Waals surface area contributed by atoms with Gasteiger partial charge in [-0.25, -0.2) is 0 Å². The minimum absolute atomic E-state index is 0. The van der Waals surface area contributed by atoms with Crippen LogP contribution < -0.4 is 29.6 Å². The van der Waals surface area contributed by atoms with Crippen molar-refractivity contribution in [3.8, 4) is 0 Å². The minimum Gasteiger partial charge on any atom is -1.00 e. The molecule has 2 unspecified atom stereocenters. The van der Waals surface area contributed by atoms with Crippen LogP contribution >= 0.6 is 0 Å². The molecule has 0 rings (SSSR count). The predicted molar refractivity (Wildman–Crippen MR) is 59.8 cm³/mol. The van der Waals surface area contributed by atoms with E-state index in [0.717, 1.165) is 0 Å². The van der Waals surface area contributed by atoms with Crippen LogP contribution in [-0.2, 0) is 14.9 Å². The van der Waals surface area contributed by atoms with Gasteiger partial charge in [-0.15, -0.1) is 0 Å². The van der Waals surface area contributed by atoms with Gasteiger partial charge < -0.3 is 16.4 Å². The fourth-order valence-corrected chi connectivity index (χ4v) is 1.61. The Hall–Kier alpha value is 0.790. The van der Waals surface area contributed by atoms with E-state index in [1.165, 1.54) is 0 Å². The monoisotopic (exact) mass is 280 g/mol. The second-order valence-electron chi connectivity index (χ2n) is 3.82. The zero-order valence-electron chi connectivity index (χ0n) is 11.4. The third-order valence-corrected chi connectivity index (χ3v) is 3.15. The summed E-state index contributed by atoms with van der Waals surface area (Å²) in [7, 11) is -3.92. The van der Waals surface area contributed by atoms with Crippen LogP contribution in [0.1, 0.15) is 14.8 Å². The fraction of sp³-hybridized carbons (Fsp3) is 1.00. The van der Waals surface area contributed by atoms with Crippen molar-refractivity contribution >= 4 is 10.1 Å². The van der Waals surface area contributed by atoms with Gasteiger partial charge in [-0.05, 0) is 12.3 Å². The van der Waals surface area contributed by atoms with Crippen molar-refractivity contribution < 1.29 is 58.9 Å². The Labute approximate surface area is 126 Å². The Morgan fingerprint density at radius 1 is 1.29 bits per heavy atom. The minimum atomic E-state index is -3.92. The second-order valence-corrected chi connectivity index (χ2v) is 5.39. The normalized spacial score (nSPS) is 15.1. The van der Waals surface area contributed by atoms with Crippen LogP contribution in [0.5, 0.6) is 0 Å². The Morgan fingerprint density at radius 2 is 1.88 bits per heavy atom. The molecule has 0 bridgehead atoms. The molecule has 2 atom stereocenters. The van der Waals surface area contributed by atoms with Crippen molar-refractivity contribution in [3.05, 3.63) is 0 Å². The van der Waals surface area contributed by atoms with Crippen LogP contribution in [0.4, 0.5) is 0 Å². The average molecular weight is 280 g/mol. The molecule has 17 heavy (non-hydrogen) atoms. The van der Waals surface area contributed by atoms with Gasteiger partial charge in [0.1, 0.15) is 0 Å². The Bertz CT molecular complexity index is 274. The Balaban J connectivity index is -0.00000112. The molecular weight excluding hydrogens is 259 g/mol. The maximum Gasteiger partial charge on any atom is 1.00 e. The SMILES string of the molecule is CC(CO)C(CO)COCCCS(=O)(=O)O.[H-].[Na+]. The largest absolute Gasteiger partial charge is 1.00 e. The van der Waals surface area contributed by atoms with Gasteiger partial charge in [0.15, 0.2) is 0 Å². The first-order valence-electron chi connectivity index (χ1n) is 5.15. The third-order valence-electron chi connectivity index (χ3n) is 2.35. The molecule has 3 N–H and O–H groups in total. The average Bonchev–Trinajstić information content (AvgIpc) is 2.21. The fourth-order valence-electron chi connectivity index (χ4n) is 1.12. The summed E-state index contributed by atoms with van der Waals surface area (Å²) in [4.78, 5) is 0. The smallest absolute Gasteiger partial charge is 1.00 e. The van der Waals surface area contributed by atoms with Gasteiger partial charge in [0.2, 0.25) is 0 Å². The first-order valence-corrected chi connectivity index (χ1v) is 6.76. The van der Waals surface area contributed by atoms with Crippen LogP contribution in [0.3, 0.4) is 0 Å². The van der Waals surface area contributed by atoms with E-state index >= 15 is 0 Å². The summed E-state index contributed by atoms with van der Waals surface area (Å²) in [6, 6.07) is 0. The summed E-state index contributed by atoms with van der Waals surface area (Å²) in [5.74, 6) is -0.547. The van der Waals surface area contributed by atoms with Gasteiger partial charge >= 0.3 is 29.6 Å². The number of aliphatic hydroxyl groups is 2. The van der Waals surface area contributed by atoms with Crippen LogP contribution in [0, 0.1) is 11.8 Å². The van der Waals surface area contributed by atoms with Gasteiger partial charge in [-0.2, -0.15) is 8.42 Å². The molecule has 0 aliphatic rings. The third kappa shape index (κ3) is 11.6. The number of ether oxygens (including phenoxy) is 1. The maximum atomic E-state index is 10.4. The van der Waals surface area contributed by atoms with Crippen molar-refractivity contribution in [3.63, 3.8) is 0 Å². The summed E-state index contributed by atoms with van der Waals surface area (Å²) in [6.45, 7) is 2.15. The predicted octanol–water partition coefficient (Wildman–Crippen LogP) is -3.37. The van der Waals surface area contributed by atoms with Gasteiger partial charge in [0.25, 0.3) is 10.1 Å². The van der Waals surface area contributed by atoms with E-state index in [1.54, 1.807) is 6.92 Å². The molecule has 0 heterocycles. The molecule has 0 radical (unpaired) electrons. The van der Waals surface area contributed by atoms with Crippen LogP contribution in [0.15, 0.2) is 0 Å². The molecule has 0 amide bonds. The number of rotatable bonds is 9. The van der Waals surface area contributed by atoms with Gasteiger partial charge in [0, 0.05) is 25.7 Å². The quantitative estimate of drug-likeness (QED) is 0.231. The molecule has 0 aliphatic carbocycles. The number of aliphatic hydroxyl groups excluding tert-OH is 2. The van der Waals surface area contributed by atoms with Gasteiger partial charge in [-0.1, -0.05) is 6.92 Å². The van der Waals surface area contributed by atoms with E-state index in [-0.39, 0.29) is 81.4 Å². The molecule has 100 valence electrons. The number of hydrogen-bond donors (Lipinski definition) is 3. The summed E-state index contributed by atoms with van der Waals surface area (Å²) in [5.41, 5.74) is 0. The van der Waals surface area contributed by atoms with Crippen molar-refractivity contribution in [2.75, 3.05) is 32.2 Å². The summed E-state index contributed by atoms with van der Waals surface area (Å²) in [5, 5.41) is 17.9. The van der Waals surface area contributed by atoms with Crippen molar-refractivity contribution in [2.45, 2.75) is 13.3 Å². The van der Waals surface area contributed by atoms with Crippen molar-refractivity contribution in [1.82, 2.24) is 0 Å². The molecule has 8 heteroatoms. The molecular formula is C9H21NaO6S. The summed E-state index contributed by atoms with van der Waals surface area (Å²) >= 11 is 0. The van der Waals surface area contributed by atoms with E-state index in [9.17, 15) is 8.42 Å². The molecule has 6 nitrogen and oxygen atoms in total. The molecule has 0 spiro atoms. The summed E-state index contributed by atoms with van der Waals surface area (Å²) in [6.07, 6.45) is 0.213. The molecule has 0 aromatic carbocycles. The van der Waals surface area contributed by atoms with Crippen LogP contribution in [-0.4, -0.2) is 55.4 Å². The van der Waals surface area contributed by atoms with Crippen molar-refractivity contribution in [2.24, 2.45) is 11.8 Å². The molecule has 0 aromatic heterocycles. The molecule has 0 aromatic rings.